The first-order chi connectivity index (χ1) is 7.56. The van der Waals surface area contributed by atoms with Crippen molar-refractivity contribution < 1.29 is 0 Å². The van der Waals surface area contributed by atoms with Crippen LogP contribution in [0.4, 0.5) is 0 Å². The van der Waals surface area contributed by atoms with Gasteiger partial charge < -0.3 is 4.98 Å². The van der Waals surface area contributed by atoms with Gasteiger partial charge in [-0.3, -0.25) is 19.1 Å². The second-order valence-corrected chi connectivity index (χ2v) is 4.05. The number of aromatic amines is 2. The largest absolute Gasteiger partial charge is 0.346 e. The van der Waals surface area contributed by atoms with Gasteiger partial charge in [0.15, 0.2) is 0 Å². The molecule has 0 amide bonds. The third-order valence-electron chi connectivity index (χ3n) is 2.30. The van der Waals surface area contributed by atoms with Crippen LogP contribution in [-0.2, 0) is 6.54 Å². The quantitative estimate of drug-likeness (QED) is 0.782. The van der Waals surface area contributed by atoms with Gasteiger partial charge in [0.25, 0.3) is 5.56 Å². The second-order valence-electron chi connectivity index (χ2n) is 3.19. The molecule has 2 aromatic rings. The van der Waals surface area contributed by atoms with Crippen LogP contribution in [0.3, 0.4) is 0 Å². The molecule has 0 saturated heterocycles. The zero-order valence-electron chi connectivity index (χ0n) is 8.33. The number of fused-ring (bicyclic) bond motifs is 1. The molecule has 0 bridgehead atoms. The number of halogens is 1. The van der Waals surface area contributed by atoms with Crippen LogP contribution >= 0.6 is 15.9 Å². The zero-order valence-corrected chi connectivity index (χ0v) is 9.92. The molecule has 0 aliphatic rings. The molecular formula is C9H8BrN3O3. The van der Waals surface area contributed by atoms with E-state index >= 15 is 0 Å². The van der Waals surface area contributed by atoms with E-state index in [1.165, 1.54) is 10.8 Å². The number of hydrogen-bond donors (Lipinski definition) is 2. The molecule has 0 unspecified atom stereocenters. The van der Waals surface area contributed by atoms with Crippen molar-refractivity contribution in [1.82, 2.24) is 14.5 Å². The van der Waals surface area contributed by atoms with E-state index in [0.29, 0.717) is 6.54 Å². The zero-order chi connectivity index (χ0) is 11.9. The number of rotatable bonds is 1. The molecule has 0 aliphatic heterocycles. The monoisotopic (exact) mass is 285 g/mol. The molecule has 0 saturated carbocycles. The molecule has 0 aliphatic carbocycles. The number of nitrogens with zero attached hydrogens (tertiary/aromatic N) is 1. The van der Waals surface area contributed by atoms with E-state index in [1.807, 2.05) is 0 Å². The molecule has 0 atom stereocenters. The van der Waals surface area contributed by atoms with Crippen LogP contribution in [0.25, 0.3) is 11.0 Å². The van der Waals surface area contributed by atoms with Gasteiger partial charge in [0, 0.05) is 12.7 Å². The van der Waals surface area contributed by atoms with Crippen LogP contribution in [0.15, 0.2) is 25.1 Å². The molecule has 2 N–H and O–H groups in total. The average Bonchev–Trinajstić information content (AvgIpc) is 2.23. The Labute approximate surface area is 97.1 Å². The number of hydrogen-bond acceptors (Lipinski definition) is 3. The number of pyridine rings is 1. The van der Waals surface area contributed by atoms with Crippen molar-refractivity contribution in [1.29, 1.82) is 0 Å². The third-order valence-corrected chi connectivity index (χ3v) is 2.88. The molecule has 2 rings (SSSR count). The summed E-state index contributed by atoms with van der Waals surface area (Å²) >= 11 is 3.03. The normalized spacial score (nSPS) is 10.9. The number of H-pyrrole nitrogens is 2. The molecule has 0 fully saturated rings. The lowest BCUT2D eigenvalue weighted by molar-refractivity contribution is 0.717. The first kappa shape index (κ1) is 10.9. The average molecular weight is 286 g/mol. The Balaban J connectivity index is 3.18. The molecular weight excluding hydrogens is 278 g/mol. The summed E-state index contributed by atoms with van der Waals surface area (Å²) in [6.07, 6.45) is 1.41. The van der Waals surface area contributed by atoms with Gasteiger partial charge >= 0.3 is 5.69 Å². The van der Waals surface area contributed by atoms with Crippen molar-refractivity contribution >= 4 is 27.0 Å². The lowest BCUT2D eigenvalue weighted by atomic mass is 10.3. The minimum absolute atomic E-state index is 0.0455. The Morgan fingerprint density at radius 3 is 2.69 bits per heavy atom. The van der Waals surface area contributed by atoms with Crippen molar-refractivity contribution in [3.8, 4) is 0 Å². The SMILES string of the molecule is CCn1c(=O)[nH]c(=O)c2c(=O)c(Br)c[nH]c21. The van der Waals surface area contributed by atoms with Crippen molar-refractivity contribution in [2.24, 2.45) is 0 Å². The number of aromatic nitrogens is 3. The maximum absolute atomic E-state index is 11.7. The van der Waals surface area contributed by atoms with Gasteiger partial charge in [-0.25, -0.2) is 4.79 Å². The highest BCUT2D eigenvalue weighted by atomic mass is 79.9. The fourth-order valence-electron chi connectivity index (χ4n) is 1.55. The summed E-state index contributed by atoms with van der Waals surface area (Å²) in [7, 11) is 0. The van der Waals surface area contributed by atoms with Crippen LogP contribution in [-0.4, -0.2) is 14.5 Å². The third kappa shape index (κ3) is 1.44. The van der Waals surface area contributed by atoms with E-state index in [1.54, 1.807) is 6.92 Å². The molecule has 0 aromatic carbocycles. The van der Waals surface area contributed by atoms with Crippen molar-refractivity contribution in [3.63, 3.8) is 0 Å². The fraction of sp³-hybridized carbons (Fsp3) is 0.222. The molecule has 0 radical (unpaired) electrons. The Morgan fingerprint density at radius 1 is 1.38 bits per heavy atom. The summed E-state index contributed by atoms with van der Waals surface area (Å²) in [4.78, 5) is 39.6. The summed E-state index contributed by atoms with van der Waals surface area (Å²) in [5.74, 6) is 0. The molecule has 7 heteroatoms. The Morgan fingerprint density at radius 2 is 2.06 bits per heavy atom. The van der Waals surface area contributed by atoms with Crippen molar-refractivity contribution in [2.45, 2.75) is 13.5 Å². The Hall–Kier alpha value is -1.63. The van der Waals surface area contributed by atoms with Gasteiger partial charge in [-0.1, -0.05) is 0 Å². The highest BCUT2D eigenvalue weighted by molar-refractivity contribution is 9.10. The highest BCUT2D eigenvalue weighted by Gasteiger charge is 2.11. The predicted molar refractivity (Wildman–Crippen MR) is 62.8 cm³/mol. The second kappa shape index (κ2) is 3.75. The summed E-state index contributed by atoms with van der Waals surface area (Å²) in [6, 6.07) is 0. The minimum Gasteiger partial charge on any atom is -0.346 e. The van der Waals surface area contributed by atoms with E-state index in [-0.39, 0.29) is 15.5 Å². The first-order valence-electron chi connectivity index (χ1n) is 4.60. The predicted octanol–water partition coefficient (Wildman–Crippen LogP) is 0.160. The maximum atomic E-state index is 11.7. The molecule has 6 nitrogen and oxygen atoms in total. The fourth-order valence-corrected chi connectivity index (χ4v) is 1.86. The van der Waals surface area contributed by atoms with E-state index in [2.05, 4.69) is 25.9 Å². The van der Waals surface area contributed by atoms with Gasteiger partial charge in [0.1, 0.15) is 11.0 Å². The van der Waals surface area contributed by atoms with E-state index in [9.17, 15) is 14.4 Å². The maximum Gasteiger partial charge on any atom is 0.329 e. The molecule has 2 heterocycles. The Bertz CT molecular complexity index is 725. The Kier molecular flexibility index (Phi) is 2.55. The standard InChI is InChI=1S/C9H8BrN3O3/c1-2-13-7-5(8(15)12-9(13)16)6(14)4(10)3-11-7/h3H,2H2,1H3,(H,11,14)(H,12,15,16). The molecule has 84 valence electrons. The van der Waals surface area contributed by atoms with Crippen LogP contribution in [0.5, 0.6) is 0 Å². The topological polar surface area (TPSA) is 87.7 Å². The lowest BCUT2D eigenvalue weighted by Gasteiger charge is -2.05. The van der Waals surface area contributed by atoms with E-state index < -0.39 is 16.7 Å². The lowest BCUT2D eigenvalue weighted by Crippen LogP contribution is -2.33. The van der Waals surface area contributed by atoms with Crippen LogP contribution in [0, 0.1) is 0 Å². The van der Waals surface area contributed by atoms with Gasteiger partial charge in [-0.05, 0) is 22.9 Å². The first-order valence-corrected chi connectivity index (χ1v) is 5.39. The minimum atomic E-state index is -0.674. The summed E-state index contributed by atoms with van der Waals surface area (Å²) in [5.41, 5.74) is -1.40. The van der Waals surface area contributed by atoms with Gasteiger partial charge in [0.05, 0.1) is 4.47 Å². The van der Waals surface area contributed by atoms with Crippen LogP contribution in [0.1, 0.15) is 6.92 Å². The summed E-state index contributed by atoms with van der Waals surface area (Å²) in [6.45, 7) is 2.11. The smallest absolute Gasteiger partial charge is 0.329 e. The van der Waals surface area contributed by atoms with Crippen LogP contribution < -0.4 is 16.7 Å². The highest BCUT2D eigenvalue weighted by Crippen LogP contribution is 2.05. The number of nitrogens with one attached hydrogen (secondary N) is 2. The molecule has 16 heavy (non-hydrogen) atoms. The van der Waals surface area contributed by atoms with Gasteiger partial charge in [-0.2, -0.15) is 0 Å². The van der Waals surface area contributed by atoms with Gasteiger partial charge in [0.2, 0.25) is 5.43 Å². The van der Waals surface area contributed by atoms with E-state index in [4.69, 9.17) is 0 Å². The molecule has 0 spiro atoms. The number of aryl methyl sites for hydroxylation is 1. The molecule has 2 aromatic heterocycles. The summed E-state index contributed by atoms with van der Waals surface area (Å²) < 4.78 is 1.55. The van der Waals surface area contributed by atoms with Crippen molar-refractivity contribution in [2.75, 3.05) is 0 Å². The van der Waals surface area contributed by atoms with Crippen LogP contribution in [0.2, 0.25) is 0 Å². The van der Waals surface area contributed by atoms with Crippen molar-refractivity contribution in [3.05, 3.63) is 41.7 Å². The summed E-state index contributed by atoms with van der Waals surface area (Å²) in [5, 5.41) is -0.0455. The van der Waals surface area contributed by atoms with E-state index in [0.717, 1.165) is 0 Å². The van der Waals surface area contributed by atoms with Gasteiger partial charge in [-0.15, -0.1) is 0 Å².